The molecule has 0 amide bonds. The van der Waals surface area contributed by atoms with Crippen LogP contribution >= 0.6 is 0 Å². The first-order chi connectivity index (χ1) is 6.89. The van der Waals surface area contributed by atoms with E-state index in [1.807, 2.05) is 0 Å². The summed E-state index contributed by atoms with van der Waals surface area (Å²) in [6.45, 7) is 1.37. The maximum atomic E-state index is 13.4. The lowest BCUT2D eigenvalue weighted by Crippen LogP contribution is -2.44. The first-order valence-corrected chi connectivity index (χ1v) is 4.32. The summed E-state index contributed by atoms with van der Waals surface area (Å²) in [6, 6.07) is 3.89. The number of hydrogen-bond donors (Lipinski definition) is 1. The van der Waals surface area contributed by atoms with E-state index in [2.05, 4.69) is 4.74 Å². The standard InChI is InChI=1S/C10H11BFNO2/c1-10(13,9(14)15-2)7-5-6(11)3-4-8(7)12/h3-5H,13H2,1-2H3. The van der Waals surface area contributed by atoms with Crippen LogP contribution < -0.4 is 11.2 Å². The van der Waals surface area contributed by atoms with Gasteiger partial charge in [0, 0.05) is 5.56 Å². The Balaban J connectivity index is 3.25. The van der Waals surface area contributed by atoms with Gasteiger partial charge in [-0.05, 0) is 13.0 Å². The zero-order chi connectivity index (χ0) is 11.6. The van der Waals surface area contributed by atoms with E-state index in [0.29, 0.717) is 5.46 Å². The number of methoxy groups -OCH3 is 1. The fourth-order valence-electron chi connectivity index (χ4n) is 1.26. The van der Waals surface area contributed by atoms with Gasteiger partial charge < -0.3 is 10.5 Å². The summed E-state index contributed by atoms with van der Waals surface area (Å²) < 4.78 is 17.9. The van der Waals surface area contributed by atoms with Crippen LogP contribution in [0.2, 0.25) is 0 Å². The molecule has 0 heterocycles. The highest BCUT2D eigenvalue weighted by atomic mass is 19.1. The summed E-state index contributed by atoms with van der Waals surface area (Å²) in [5.41, 5.74) is 4.52. The van der Waals surface area contributed by atoms with E-state index in [-0.39, 0.29) is 5.56 Å². The van der Waals surface area contributed by atoms with E-state index in [0.717, 1.165) is 0 Å². The molecule has 0 saturated heterocycles. The van der Waals surface area contributed by atoms with E-state index in [4.69, 9.17) is 13.6 Å². The molecule has 0 aromatic heterocycles. The second kappa shape index (κ2) is 4.02. The molecule has 1 unspecified atom stereocenters. The van der Waals surface area contributed by atoms with Crippen LogP contribution in [0.5, 0.6) is 0 Å². The van der Waals surface area contributed by atoms with Crippen molar-refractivity contribution in [2.75, 3.05) is 7.11 Å². The first-order valence-electron chi connectivity index (χ1n) is 4.32. The Labute approximate surface area is 88.8 Å². The molecule has 3 nitrogen and oxygen atoms in total. The number of halogens is 1. The number of nitrogens with two attached hydrogens (primary N) is 1. The third-order valence-corrected chi connectivity index (χ3v) is 2.16. The van der Waals surface area contributed by atoms with Crippen LogP contribution in [-0.4, -0.2) is 20.9 Å². The number of rotatable bonds is 2. The molecular formula is C10H11BFNO2. The van der Waals surface area contributed by atoms with Crippen molar-refractivity contribution < 1.29 is 13.9 Å². The summed E-state index contributed by atoms with van der Waals surface area (Å²) in [5, 5.41) is 0. The highest BCUT2D eigenvalue weighted by molar-refractivity contribution is 6.32. The number of carbonyl (C=O) groups is 1. The van der Waals surface area contributed by atoms with Gasteiger partial charge in [0.15, 0.2) is 0 Å². The molecule has 2 radical (unpaired) electrons. The normalized spacial score (nSPS) is 14.4. The van der Waals surface area contributed by atoms with Crippen molar-refractivity contribution in [2.24, 2.45) is 5.73 Å². The minimum atomic E-state index is -1.53. The Hall–Kier alpha value is -1.36. The van der Waals surface area contributed by atoms with E-state index in [1.165, 1.54) is 32.2 Å². The Morgan fingerprint density at radius 2 is 2.20 bits per heavy atom. The molecule has 15 heavy (non-hydrogen) atoms. The monoisotopic (exact) mass is 207 g/mol. The quantitative estimate of drug-likeness (QED) is 0.547. The van der Waals surface area contributed by atoms with Crippen LogP contribution in [0.3, 0.4) is 0 Å². The largest absolute Gasteiger partial charge is 0.467 e. The molecule has 0 spiro atoms. The predicted octanol–water partition coefficient (Wildman–Crippen LogP) is -0.0336. The van der Waals surface area contributed by atoms with Crippen LogP contribution in [0.15, 0.2) is 18.2 Å². The van der Waals surface area contributed by atoms with Gasteiger partial charge in [0.25, 0.3) is 0 Å². The molecule has 0 aliphatic heterocycles. The van der Waals surface area contributed by atoms with Gasteiger partial charge in [0.1, 0.15) is 19.2 Å². The number of hydrogen-bond acceptors (Lipinski definition) is 3. The molecule has 0 saturated carbocycles. The van der Waals surface area contributed by atoms with Gasteiger partial charge in [-0.25, -0.2) is 9.18 Å². The summed E-state index contributed by atoms with van der Waals surface area (Å²) in [6.07, 6.45) is 0. The van der Waals surface area contributed by atoms with Gasteiger partial charge in [0.05, 0.1) is 7.11 Å². The molecule has 1 aromatic rings. The van der Waals surface area contributed by atoms with Gasteiger partial charge in [-0.1, -0.05) is 17.6 Å². The van der Waals surface area contributed by atoms with Crippen LogP contribution in [0, 0.1) is 5.82 Å². The SMILES string of the molecule is [B]c1ccc(F)c(C(C)(N)C(=O)OC)c1. The third kappa shape index (κ3) is 2.18. The minimum Gasteiger partial charge on any atom is -0.467 e. The fraction of sp³-hybridized carbons (Fsp3) is 0.300. The molecule has 78 valence electrons. The molecule has 1 aromatic carbocycles. The smallest absolute Gasteiger partial charge is 0.330 e. The average molecular weight is 207 g/mol. The Morgan fingerprint density at radius 3 is 2.73 bits per heavy atom. The Bertz CT molecular complexity index is 393. The lowest BCUT2D eigenvalue weighted by molar-refractivity contribution is -0.146. The maximum Gasteiger partial charge on any atom is 0.330 e. The molecule has 1 atom stereocenters. The van der Waals surface area contributed by atoms with Gasteiger partial charge in [-0.2, -0.15) is 0 Å². The number of ether oxygens (including phenoxy) is 1. The van der Waals surface area contributed by atoms with Gasteiger partial charge in [-0.15, -0.1) is 0 Å². The van der Waals surface area contributed by atoms with Crippen LogP contribution in [0.1, 0.15) is 12.5 Å². The van der Waals surface area contributed by atoms with Gasteiger partial charge in [-0.3, -0.25) is 0 Å². The molecule has 2 N–H and O–H groups in total. The predicted molar refractivity (Wildman–Crippen MR) is 55.3 cm³/mol. The zero-order valence-electron chi connectivity index (χ0n) is 8.58. The number of carbonyl (C=O) groups excluding carboxylic acids is 1. The van der Waals surface area contributed by atoms with E-state index >= 15 is 0 Å². The third-order valence-electron chi connectivity index (χ3n) is 2.16. The number of benzene rings is 1. The molecule has 0 fully saturated rings. The van der Waals surface area contributed by atoms with Crippen molar-refractivity contribution in [3.63, 3.8) is 0 Å². The summed E-state index contributed by atoms with van der Waals surface area (Å²) in [7, 11) is 6.68. The van der Waals surface area contributed by atoms with E-state index in [9.17, 15) is 9.18 Å². The van der Waals surface area contributed by atoms with Crippen molar-refractivity contribution in [1.82, 2.24) is 0 Å². The minimum absolute atomic E-state index is 0.0225. The second-order valence-corrected chi connectivity index (χ2v) is 3.43. The average Bonchev–Trinajstić information content (AvgIpc) is 2.20. The summed E-state index contributed by atoms with van der Waals surface area (Å²) in [5.74, 6) is -1.30. The Kier molecular flexibility index (Phi) is 3.14. The van der Waals surface area contributed by atoms with Crippen molar-refractivity contribution in [2.45, 2.75) is 12.5 Å². The molecule has 1 rings (SSSR count). The maximum absolute atomic E-state index is 13.4. The Morgan fingerprint density at radius 1 is 1.60 bits per heavy atom. The van der Waals surface area contributed by atoms with Crippen molar-refractivity contribution in [1.29, 1.82) is 0 Å². The van der Waals surface area contributed by atoms with Crippen LogP contribution in [-0.2, 0) is 15.1 Å². The van der Waals surface area contributed by atoms with Crippen molar-refractivity contribution in [3.8, 4) is 0 Å². The summed E-state index contributed by atoms with van der Waals surface area (Å²) >= 11 is 0. The van der Waals surface area contributed by atoms with Gasteiger partial charge in [0.2, 0.25) is 0 Å². The topological polar surface area (TPSA) is 52.3 Å². The first kappa shape index (κ1) is 11.7. The molecule has 0 bridgehead atoms. The number of esters is 1. The highest BCUT2D eigenvalue weighted by Crippen LogP contribution is 2.21. The van der Waals surface area contributed by atoms with Crippen LogP contribution in [0.4, 0.5) is 4.39 Å². The van der Waals surface area contributed by atoms with Crippen molar-refractivity contribution >= 4 is 19.3 Å². The molecule has 5 heteroatoms. The van der Waals surface area contributed by atoms with E-state index in [1.54, 1.807) is 0 Å². The lowest BCUT2D eigenvalue weighted by Gasteiger charge is -2.22. The summed E-state index contributed by atoms with van der Waals surface area (Å²) in [4.78, 5) is 11.3. The zero-order valence-corrected chi connectivity index (χ0v) is 8.58. The lowest BCUT2D eigenvalue weighted by atomic mass is 9.86. The highest BCUT2D eigenvalue weighted by Gasteiger charge is 2.34. The van der Waals surface area contributed by atoms with Crippen molar-refractivity contribution in [3.05, 3.63) is 29.6 Å². The van der Waals surface area contributed by atoms with Crippen LogP contribution in [0.25, 0.3) is 0 Å². The molecule has 0 aliphatic carbocycles. The molecule has 0 aliphatic rings. The fourth-order valence-corrected chi connectivity index (χ4v) is 1.26. The van der Waals surface area contributed by atoms with Gasteiger partial charge >= 0.3 is 5.97 Å². The second-order valence-electron chi connectivity index (χ2n) is 3.43. The van der Waals surface area contributed by atoms with E-state index < -0.39 is 17.3 Å². The molecular weight excluding hydrogens is 196 g/mol.